The molecule has 0 heterocycles. The second-order valence-corrected chi connectivity index (χ2v) is 10.2. The number of carbonyl (C=O) groups excluding carboxylic acids is 2. The van der Waals surface area contributed by atoms with Crippen LogP contribution in [0.25, 0.3) is 0 Å². The van der Waals surface area contributed by atoms with E-state index < -0.39 is 6.04 Å². The van der Waals surface area contributed by atoms with Gasteiger partial charge in [0, 0.05) is 34.2 Å². The van der Waals surface area contributed by atoms with Crippen LogP contribution in [0.1, 0.15) is 46.1 Å². The maximum atomic E-state index is 13.3. The number of methoxy groups -OCH3 is 1. The van der Waals surface area contributed by atoms with E-state index in [2.05, 4.69) is 5.32 Å². The van der Waals surface area contributed by atoms with Crippen molar-refractivity contribution in [2.24, 2.45) is 0 Å². The lowest BCUT2D eigenvalue weighted by molar-refractivity contribution is -0.141. The van der Waals surface area contributed by atoms with E-state index in [1.165, 1.54) is 0 Å². The van der Waals surface area contributed by atoms with Gasteiger partial charge >= 0.3 is 0 Å². The SMILES string of the molecule is CCC(C(=O)NC(C)(C)C)N(Cc1ccc(OC)cc1)C(=O)CCSc1ccc(Cl)cc1. The van der Waals surface area contributed by atoms with Crippen LogP contribution in [-0.4, -0.2) is 41.2 Å². The molecule has 2 aromatic carbocycles. The van der Waals surface area contributed by atoms with Gasteiger partial charge in [-0.25, -0.2) is 0 Å². The number of rotatable bonds is 10. The molecule has 174 valence electrons. The Kier molecular flexibility index (Phi) is 9.91. The Morgan fingerprint density at radius 2 is 1.72 bits per heavy atom. The minimum absolute atomic E-state index is 0.0433. The maximum Gasteiger partial charge on any atom is 0.243 e. The quantitative estimate of drug-likeness (QED) is 0.456. The topological polar surface area (TPSA) is 58.6 Å². The van der Waals surface area contributed by atoms with Crippen LogP contribution in [-0.2, 0) is 16.1 Å². The van der Waals surface area contributed by atoms with Gasteiger partial charge in [0.25, 0.3) is 0 Å². The van der Waals surface area contributed by atoms with E-state index in [4.69, 9.17) is 16.3 Å². The Morgan fingerprint density at radius 3 is 2.25 bits per heavy atom. The molecule has 0 saturated carbocycles. The van der Waals surface area contributed by atoms with Gasteiger partial charge in [-0.2, -0.15) is 0 Å². The molecule has 1 N–H and O–H groups in total. The number of ether oxygens (including phenoxy) is 1. The molecular formula is C25H33ClN2O3S. The number of benzene rings is 2. The summed E-state index contributed by atoms with van der Waals surface area (Å²) in [4.78, 5) is 29.0. The van der Waals surface area contributed by atoms with Gasteiger partial charge in [-0.05, 0) is 69.2 Å². The van der Waals surface area contributed by atoms with Crippen LogP contribution < -0.4 is 10.1 Å². The Bertz CT molecular complexity index is 880. The molecule has 0 saturated heterocycles. The number of thioether (sulfide) groups is 1. The Labute approximate surface area is 200 Å². The summed E-state index contributed by atoms with van der Waals surface area (Å²) in [6.45, 7) is 8.12. The second-order valence-electron chi connectivity index (χ2n) is 8.59. The molecule has 0 spiro atoms. The molecule has 2 amide bonds. The summed E-state index contributed by atoms with van der Waals surface area (Å²) in [5.41, 5.74) is 0.579. The lowest BCUT2D eigenvalue weighted by atomic mass is 10.1. The highest BCUT2D eigenvalue weighted by atomic mass is 35.5. The summed E-state index contributed by atoms with van der Waals surface area (Å²) in [5, 5.41) is 3.71. The van der Waals surface area contributed by atoms with Crippen molar-refractivity contribution in [1.29, 1.82) is 0 Å². The van der Waals surface area contributed by atoms with E-state index >= 15 is 0 Å². The second kappa shape index (κ2) is 12.2. The fraction of sp³-hybridized carbons (Fsp3) is 0.440. The summed E-state index contributed by atoms with van der Waals surface area (Å²) >= 11 is 7.54. The molecule has 1 atom stereocenters. The van der Waals surface area contributed by atoms with E-state index in [0.29, 0.717) is 30.2 Å². The Hall–Kier alpha value is -2.18. The Morgan fingerprint density at radius 1 is 1.09 bits per heavy atom. The van der Waals surface area contributed by atoms with Gasteiger partial charge in [0.15, 0.2) is 0 Å². The largest absolute Gasteiger partial charge is 0.497 e. The summed E-state index contributed by atoms with van der Waals surface area (Å²) in [5.74, 6) is 1.20. The summed E-state index contributed by atoms with van der Waals surface area (Å²) in [6, 6.07) is 14.6. The summed E-state index contributed by atoms with van der Waals surface area (Å²) in [6.07, 6.45) is 0.872. The average molecular weight is 477 g/mol. The molecule has 2 aromatic rings. The van der Waals surface area contributed by atoms with Crippen molar-refractivity contribution in [2.45, 2.75) is 63.6 Å². The van der Waals surface area contributed by atoms with E-state index in [1.807, 2.05) is 76.2 Å². The lowest BCUT2D eigenvalue weighted by Crippen LogP contribution is -2.53. The normalized spacial score (nSPS) is 12.2. The molecule has 5 nitrogen and oxygen atoms in total. The van der Waals surface area contributed by atoms with Gasteiger partial charge in [-0.3, -0.25) is 9.59 Å². The molecule has 0 radical (unpaired) electrons. The monoisotopic (exact) mass is 476 g/mol. The van der Waals surface area contributed by atoms with Crippen molar-refractivity contribution >= 4 is 35.2 Å². The van der Waals surface area contributed by atoms with Crippen LogP contribution in [0.5, 0.6) is 5.75 Å². The number of halogens is 1. The molecule has 0 bridgehead atoms. The van der Waals surface area contributed by atoms with Crippen LogP contribution in [0, 0.1) is 0 Å². The molecule has 1 unspecified atom stereocenters. The van der Waals surface area contributed by atoms with Crippen LogP contribution in [0.15, 0.2) is 53.4 Å². The predicted octanol–water partition coefficient (Wildman–Crippen LogP) is 5.55. The van der Waals surface area contributed by atoms with Crippen molar-refractivity contribution in [1.82, 2.24) is 10.2 Å². The molecule has 0 aromatic heterocycles. The zero-order valence-electron chi connectivity index (χ0n) is 19.5. The van der Waals surface area contributed by atoms with Gasteiger partial charge in [0.1, 0.15) is 11.8 Å². The standard InChI is InChI=1S/C25H33ClN2O3S/c1-6-22(24(30)27-25(2,3)4)28(17-18-7-11-20(31-5)12-8-18)23(29)15-16-32-21-13-9-19(26)10-14-21/h7-14,22H,6,15-17H2,1-5H3,(H,27,30). The first kappa shape index (κ1) is 26.1. The van der Waals surface area contributed by atoms with Gasteiger partial charge in [-0.15, -0.1) is 11.8 Å². The third-order valence-electron chi connectivity index (χ3n) is 4.79. The third kappa shape index (κ3) is 8.40. The number of hydrogen-bond acceptors (Lipinski definition) is 4. The van der Waals surface area contributed by atoms with Gasteiger partial charge < -0.3 is 15.0 Å². The average Bonchev–Trinajstić information content (AvgIpc) is 2.74. The summed E-state index contributed by atoms with van der Waals surface area (Å²) < 4.78 is 5.23. The van der Waals surface area contributed by atoms with Crippen LogP contribution in [0.2, 0.25) is 5.02 Å². The van der Waals surface area contributed by atoms with Crippen molar-refractivity contribution in [3.8, 4) is 5.75 Å². The highest BCUT2D eigenvalue weighted by Gasteiger charge is 2.30. The molecule has 0 aliphatic rings. The Balaban J connectivity index is 2.15. The third-order valence-corrected chi connectivity index (χ3v) is 6.06. The van der Waals surface area contributed by atoms with Gasteiger partial charge in [0.2, 0.25) is 11.8 Å². The molecule has 0 aliphatic carbocycles. The minimum atomic E-state index is -0.538. The lowest BCUT2D eigenvalue weighted by Gasteiger charge is -2.33. The first-order valence-electron chi connectivity index (χ1n) is 10.8. The fourth-order valence-corrected chi connectivity index (χ4v) is 4.20. The minimum Gasteiger partial charge on any atom is -0.497 e. The van der Waals surface area contributed by atoms with Gasteiger partial charge in [-0.1, -0.05) is 30.7 Å². The van der Waals surface area contributed by atoms with Crippen molar-refractivity contribution < 1.29 is 14.3 Å². The first-order valence-corrected chi connectivity index (χ1v) is 12.1. The zero-order chi connectivity index (χ0) is 23.7. The van der Waals surface area contributed by atoms with Crippen molar-refractivity contribution in [2.75, 3.05) is 12.9 Å². The molecular weight excluding hydrogens is 444 g/mol. The fourth-order valence-electron chi connectivity index (χ4n) is 3.23. The zero-order valence-corrected chi connectivity index (χ0v) is 21.1. The molecule has 0 aliphatic heterocycles. The number of nitrogens with zero attached hydrogens (tertiary/aromatic N) is 1. The molecule has 7 heteroatoms. The number of carbonyl (C=O) groups is 2. The molecule has 2 rings (SSSR count). The van der Waals surface area contributed by atoms with Crippen LogP contribution >= 0.6 is 23.4 Å². The highest BCUT2D eigenvalue weighted by molar-refractivity contribution is 7.99. The number of amides is 2. The predicted molar refractivity (Wildman–Crippen MR) is 132 cm³/mol. The van der Waals surface area contributed by atoms with Crippen LogP contribution in [0.4, 0.5) is 0 Å². The van der Waals surface area contributed by atoms with E-state index in [-0.39, 0.29) is 17.4 Å². The van der Waals surface area contributed by atoms with Gasteiger partial charge in [0.05, 0.1) is 7.11 Å². The smallest absolute Gasteiger partial charge is 0.243 e. The number of hydrogen-bond donors (Lipinski definition) is 1. The van der Waals surface area contributed by atoms with Crippen LogP contribution in [0.3, 0.4) is 0 Å². The first-order chi connectivity index (χ1) is 15.1. The number of nitrogens with one attached hydrogen (secondary N) is 1. The molecule has 0 fully saturated rings. The summed E-state index contributed by atoms with van der Waals surface area (Å²) in [7, 11) is 1.62. The van der Waals surface area contributed by atoms with Crippen molar-refractivity contribution in [3.05, 3.63) is 59.1 Å². The van der Waals surface area contributed by atoms with E-state index in [1.54, 1.807) is 23.8 Å². The van der Waals surface area contributed by atoms with E-state index in [0.717, 1.165) is 16.2 Å². The maximum absolute atomic E-state index is 13.3. The highest BCUT2D eigenvalue weighted by Crippen LogP contribution is 2.23. The van der Waals surface area contributed by atoms with Crippen molar-refractivity contribution in [3.63, 3.8) is 0 Å². The molecule has 32 heavy (non-hydrogen) atoms. The van der Waals surface area contributed by atoms with E-state index in [9.17, 15) is 9.59 Å².